The van der Waals surface area contributed by atoms with Gasteiger partial charge in [-0.25, -0.2) is 0 Å². The SMILES string of the molecule is Cc1ccc(CC(=O)N2CCC[C@@H]2c2c(C)nn(C)c2Cl)cn1. The molecule has 2 aromatic heterocycles. The van der Waals surface area contributed by atoms with Gasteiger partial charge in [0.05, 0.1) is 18.2 Å². The molecule has 0 aromatic carbocycles. The summed E-state index contributed by atoms with van der Waals surface area (Å²) in [5.41, 5.74) is 3.79. The Hall–Kier alpha value is -1.88. The Morgan fingerprint density at radius 3 is 2.78 bits per heavy atom. The van der Waals surface area contributed by atoms with E-state index in [0.717, 1.165) is 41.9 Å². The fourth-order valence-electron chi connectivity index (χ4n) is 3.27. The molecule has 1 aliphatic rings. The predicted molar refractivity (Wildman–Crippen MR) is 89.3 cm³/mol. The molecule has 2 aromatic rings. The first-order chi connectivity index (χ1) is 11.0. The number of hydrogen-bond acceptors (Lipinski definition) is 3. The van der Waals surface area contributed by atoms with Crippen LogP contribution in [0.1, 0.15) is 41.4 Å². The highest BCUT2D eigenvalue weighted by molar-refractivity contribution is 6.30. The number of aromatic nitrogens is 3. The van der Waals surface area contributed by atoms with Gasteiger partial charge < -0.3 is 4.90 Å². The maximum atomic E-state index is 12.7. The molecule has 0 spiro atoms. The van der Waals surface area contributed by atoms with Crippen LogP contribution in [0.2, 0.25) is 5.15 Å². The summed E-state index contributed by atoms with van der Waals surface area (Å²) < 4.78 is 1.68. The minimum atomic E-state index is 0.0297. The molecule has 5 nitrogen and oxygen atoms in total. The molecule has 3 heterocycles. The number of carbonyl (C=O) groups excluding carboxylic acids is 1. The van der Waals surface area contributed by atoms with Crippen molar-refractivity contribution in [1.29, 1.82) is 0 Å². The van der Waals surface area contributed by atoms with Gasteiger partial charge in [0.25, 0.3) is 0 Å². The smallest absolute Gasteiger partial charge is 0.227 e. The highest BCUT2D eigenvalue weighted by atomic mass is 35.5. The van der Waals surface area contributed by atoms with Gasteiger partial charge >= 0.3 is 0 Å². The van der Waals surface area contributed by atoms with Crippen LogP contribution in [0.5, 0.6) is 0 Å². The van der Waals surface area contributed by atoms with Crippen molar-refractivity contribution in [1.82, 2.24) is 19.7 Å². The topological polar surface area (TPSA) is 51.0 Å². The molecule has 6 heteroatoms. The Morgan fingerprint density at radius 2 is 2.17 bits per heavy atom. The van der Waals surface area contributed by atoms with Crippen molar-refractivity contribution < 1.29 is 4.79 Å². The van der Waals surface area contributed by atoms with Gasteiger partial charge in [0.1, 0.15) is 5.15 Å². The molecule has 0 N–H and O–H groups in total. The molecule has 3 rings (SSSR count). The number of likely N-dealkylation sites (tertiary alicyclic amines) is 1. The van der Waals surface area contributed by atoms with Crippen LogP contribution in [0.15, 0.2) is 18.3 Å². The first-order valence-electron chi connectivity index (χ1n) is 7.87. The Bertz CT molecular complexity index is 723. The average molecular weight is 333 g/mol. The number of nitrogens with zero attached hydrogens (tertiary/aromatic N) is 4. The highest BCUT2D eigenvalue weighted by Gasteiger charge is 2.33. The summed E-state index contributed by atoms with van der Waals surface area (Å²) in [6.45, 7) is 4.66. The van der Waals surface area contributed by atoms with Gasteiger partial charge in [0.2, 0.25) is 5.91 Å². The molecule has 0 bridgehead atoms. The lowest BCUT2D eigenvalue weighted by atomic mass is 10.0. The number of halogens is 1. The molecule has 122 valence electrons. The van der Waals surface area contributed by atoms with Crippen LogP contribution < -0.4 is 0 Å². The third-order valence-corrected chi connectivity index (χ3v) is 4.88. The van der Waals surface area contributed by atoms with Crippen LogP contribution >= 0.6 is 11.6 Å². The van der Waals surface area contributed by atoms with Gasteiger partial charge in [-0.3, -0.25) is 14.5 Å². The van der Waals surface area contributed by atoms with E-state index in [2.05, 4.69) is 10.1 Å². The van der Waals surface area contributed by atoms with Gasteiger partial charge in [-0.2, -0.15) is 5.10 Å². The van der Waals surface area contributed by atoms with E-state index in [4.69, 9.17) is 11.6 Å². The van der Waals surface area contributed by atoms with E-state index in [1.54, 1.807) is 10.9 Å². The van der Waals surface area contributed by atoms with Crippen molar-refractivity contribution in [2.24, 2.45) is 7.05 Å². The molecule has 1 fully saturated rings. The highest BCUT2D eigenvalue weighted by Crippen LogP contribution is 2.37. The van der Waals surface area contributed by atoms with Crippen LogP contribution in [0.25, 0.3) is 0 Å². The number of amides is 1. The van der Waals surface area contributed by atoms with E-state index in [1.807, 2.05) is 37.9 Å². The van der Waals surface area contributed by atoms with Crippen molar-refractivity contribution in [2.75, 3.05) is 6.54 Å². The van der Waals surface area contributed by atoms with Gasteiger partial charge in [-0.15, -0.1) is 0 Å². The number of carbonyl (C=O) groups is 1. The second kappa shape index (κ2) is 6.32. The van der Waals surface area contributed by atoms with Gasteiger partial charge in [-0.05, 0) is 38.3 Å². The molecular formula is C17H21ClN4O. The lowest BCUT2D eigenvalue weighted by Crippen LogP contribution is -2.32. The van der Waals surface area contributed by atoms with Crippen LogP contribution in [0, 0.1) is 13.8 Å². The molecule has 0 radical (unpaired) electrons. The van der Waals surface area contributed by atoms with Crippen molar-refractivity contribution in [3.63, 3.8) is 0 Å². The normalized spacial score (nSPS) is 17.7. The zero-order valence-corrected chi connectivity index (χ0v) is 14.5. The number of aryl methyl sites for hydroxylation is 3. The summed E-state index contributed by atoms with van der Waals surface area (Å²) in [7, 11) is 1.83. The summed E-state index contributed by atoms with van der Waals surface area (Å²) >= 11 is 6.39. The molecule has 1 saturated heterocycles. The largest absolute Gasteiger partial charge is 0.335 e. The zero-order chi connectivity index (χ0) is 16.6. The van der Waals surface area contributed by atoms with Gasteiger partial charge in [-0.1, -0.05) is 17.7 Å². The third kappa shape index (κ3) is 3.11. The predicted octanol–water partition coefficient (Wildman–Crippen LogP) is 2.99. The van der Waals surface area contributed by atoms with Crippen LogP contribution in [-0.2, 0) is 18.3 Å². The van der Waals surface area contributed by atoms with Crippen molar-refractivity contribution in [3.8, 4) is 0 Å². The first-order valence-corrected chi connectivity index (χ1v) is 8.25. The molecule has 23 heavy (non-hydrogen) atoms. The lowest BCUT2D eigenvalue weighted by Gasteiger charge is -2.25. The van der Waals surface area contributed by atoms with E-state index in [0.29, 0.717) is 11.6 Å². The molecule has 1 atom stereocenters. The Balaban J connectivity index is 1.81. The molecule has 1 aliphatic heterocycles. The van der Waals surface area contributed by atoms with Crippen molar-refractivity contribution in [2.45, 2.75) is 39.2 Å². The fourth-order valence-corrected chi connectivity index (χ4v) is 3.57. The average Bonchev–Trinajstić information content (AvgIpc) is 3.07. The van der Waals surface area contributed by atoms with E-state index in [-0.39, 0.29) is 11.9 Å². The van der Waals surface area contributed by atoms with Crippen molar-refractivity contribution in [3.05, 3.63) is 46.0 Å². The summed E-state index contributed by atoms with van der Waals surface area (Å²) in [4.78, 5) is 18.9. The van der Waals surface area contributed by atoms with Crippen molar-refractivity contribution >= 4 is 17.5 Å². The summed E-state index contributed by atoms with van der Waals surface area (Å²) in [6, 6.07) is 3.93. The third-order valence-electron chi connectivity index (χ3n) is 4.43. The lowest BCUT2D eigenvalue weighted by molar-refractivity contribution is -0.131. The summed E-state index contributed by atoms with van der Waals surface area (Å²) in [6.07, 6.45) is 4.08. The number of pyridine rings is 1. The Labute approximate surface area is 141 Å². The maximum absolute atomic E-state index is 12.7. The molecule has 1 amide bonds. The standard InChI is InChI=1S/C17H21ClN4O/c1-11-6-7-13(10-19-11)9-15(23)22-8-4-5-14(22)16-12(2)20-21(3)17(16)18/h6-7,10,14H,4-5,8-9H2,1-3H3/t14-/m1/s1. The fraction of sp³-hybridized carbons (Fsp3) is 0.471. The molecular weight excluding hydrogens is 312 g/mol. The monoisotopic (exact) mass is 332 g/mol. The van der Waals surface area contributed by atoms with Gasteiger partial charge in [0, 0.05) is 31.0 Å². The van der Waals surface area contributed by atoms with Gasteiger partial charge in [0.15, 0.2) is 0 Å². The van der Waals surface area contributed by atoms with Crippen LogP contribution in [0.3, 0.4) is 0 Å². The van der Waals surface area contributed by atoms with Crippen LogP contribution in [0.4, 0.5) is 0 Å². The zero-order valence-electron chi connectivity index (χ0n) is 13.7. The second-order valence-electron chi connectivity index (χ2n) is 6.14. The second-order valence-corrected chi connectivity index (χ2v) is 6.50. The van der Waals surface area contributed by atoms with E-state index in [1.165, 1.54) is 0 Å². The molecule has 0 unspecified atom stereocenters. The number of rotatable bonds is 3. The van der Waals surface area contributed by atoms with E-state index >= 15 is 0 Å². The van der Waals surface area contributed by atoms with E-state index in [9.17, 15) is 4.79 Å². The minimum absolute atomic E-state index is 0.0297. The van der Waals surface area contributed by atoms with E-state index < -0.39 is 0 Å². The summed E-state index contributed by atoms with van der Waals surface area (Å²) in [5.74, 6) is 0.123. The first kappa shape index (κ1) is 16.0. The Morgan fingerprint density at radius 1 is 1.39 bits per heavy atom. The molecule has 0 aliphatic carbocycles. The number of hydrogen-bond donors (Lipinski definition) is 0. The summed E-state index contributed by atoms with van der Waals surface area (Å²) in [5, 5.41) is 5.01. The maximum Gasteiger partial charge on any atom is 0.227 e. The van der Waals surface area contributed by atoms with Crippen LogP contribution in [-0.4, -0.2) is 32.1 Å². The minimum Gasteiger partial charge on any atom is -0.335 e. The Kier molecular flexibility index (Phi) is 4.39. The quantitative estimate of drug-likeness (QED) is 0.868. The molecule has 0 saturated carbocycles.